The van der Waals surface area contributed by atoms with Crippen LogP contribution in [0.4, 0.5) is 5.69 Å². The van der Waals surface area contributed by atoms with Crippen molar-refractivity contribution >= 4 is 17.4 Å². The largest absolute Gasteiger partial charge is 0.497 e. The predicted molar refractivity (Wildman–Crippen MR) is 64.4 cm³/mol. The van der Waals surface area contributed by atoms with E-state index >= 15 is 0 Å². The summed E-state index contributed by atoms with van der Waals surface area (Å²) in [5, 5.41) is 9.17. The third kappa shape index (κ3) is 3.64. The molecule has 0 bridgehead atoms. The van der Waals surface area contributed by atoms with E-state index in [4.69, 9.17) is 15.6 Å². The average molecular weight is 227 g/mol. The second-order valence-electron chi connectivity index (χ2n) is 3.34. The lowest BCUT2D eigenvalue weighted by Crippen LogP contribution is -2.00. The minimum Gasteiger partial charge on any atom is -0.497 e. The van der Waals surface area contributed by atoms with Gasteiger partial charge in [-0.2, -0.15) is 0 Å². The summed E-state index contributed by atoms with van der Waals surface area (Å²) in [6.45, 7) is 2.28. The summed E-state index contributed by atoms with van der Waals surface area (Å²) >= 11 is 1.66. The maximum Gasteiger partial charge on any atom is 0.120 e. The molecule has 1 aromatic carbocycles. The van der Waals surface area contributed by atoms with Gasteiger partial charge in [-0.25, -0.2) is 0 Å². The molecule has 0 aliphatic heterocycles. The van der Waals surface area contributed by atoms with E-state index in [1.54, 1.807) is 18.9 Å². The normalized spacial score (nSPS) is 12.5. The van der Waals surface area contributed by atoms with E-state index in [1.165, 1.54) is 0 Å². The van der Waals surface area contributed by atoms with E-state index in [-0.39, 0.29) is 6.61 Å². The maximum absolute atomic E-state index is 8.82. The fourth-order valence-electron chi connectivity index (χ4n) is 1.20. The molecular formula is C11H17NO2S. The number of benzene rings is 1. The molecule has 0 saturated heterocycles. The van der Waals surface area contributed by atoms with Crippen molar-refractivity contribution in [3.8, 4) is 5.75 Å². The van der Waals surface area contributed by atoms with Crippen LogP contribution < -0.4 is 10.5 Å². The molecular weight excluding hydrogens is 210 g/mol. The zero-order valence-corrected chi connectivity index (χ0v) is 9.88. The first kappa shape index (κ1) is 12.2. The molecule has 15 heavy (non-hydrogen) atoms. The molecule has 3 nitrogen and oxygen atoms in total. The monoisotopic (exact) mass is 227 g/mol. The Hall–Kier alpha value is -0.870. The average Bonchev–Trinajstić information content (AvgIpc) is 2.21. The van der Waals surface area contributed by atoms with E-state index in [9.17, 15) is 0 Å². The van der Waals surface area contributed by atoms with Crippen LogP contribution in [0.15, 0.2) is 23.1 Å². The molecule has 0 fully saturated rings. The molecule has 1 rings (SSSR count). The zero-order chi connectivity index (χ0) is 11.3. The van der Waals surface area contributed by atoms with Gasteiger partial charge in [0.05, 0.1) is 7.11 Å². The summed E-state index contributed by atoms with van der Waals surface area (Å²) in [5.41, 5.74) is 6.60. The van der Waals surface area contributed by atoms with Crippen LogP contribution in [0.25, 0.3) is 0 Å². The number of nitrogen functional groups attached to an aromatic ring is 1. The summed E-state index contributed by atoms with van der Waals surface area (Å²) in [6.07, 6.45) is 0.765. The van der Waals surface area contributed by atoms with Gasteiger partial charge in [0.2, 0.25) is 0 Å². The highest BCUT2D eigenvalue weighted by molar-refractivity contribution is 8.00. The van der Waals surface area contributed by atoms with Crippen LogP contribution in [0.2, 0.25) is 0 Å². The quantitative estimate of drug-likeness (QED) is 0.597. The van der Waals surface area contributed by atoms with Gasteiger partial charge in [-0.1, -0.05) is 6.92 Å². The number of hydrogen-bond acceptors (Lipinski definition) is 4. The first-order valence-electron chi connectivity index (χ1n) is 4.88. The summed E-state index contributed by atoms with van der Waals surface area (Å²) in [6, 6.07) is 5.61. The number of ether oxygens (including phenoxy) is 1. The minimum atomic E-state index is 0.206. The van der Waals surface area contributed by atoms with E-state index in [2.05, 4.69) is 6.92 Å². The van der Waals surface area contributed by atoms with Gasteiger partial charge < -0.3 is 15.6 Å². The predicted octanol–water partition coefficient (Wildman–Crippen LogP) is 2.14. The Morgan fingerprint density at radius 2 is 2.27 bits per heavy atom. The zero-order valence-electron chi connectivity index (χ0n) is 9.06. The molecule has 0 aromatic heterocycles. The Kier molecular flexibility index (Phi) is 4.78. The molecule has 0 aliphatic rings. The molecule has 84 valence electrons. The van der Waals surface area contributed by atoms with Crippen molar-refractivity contribution in [1.29, 1.82) is 0 Å². The van der Waals surface area contributed by atoms with Gasteiger partial charge in [0, 0.05) is 22.4 Å². The highest BCUT2D eigenvalue weighted by Gasteiger charge is 2.07. The number of thioether (sulfide) groups is 1. The van der Waals surface area contributed by atoms with Crippen molar-refractivity contribution in [3.63, 3.8) is 0 Å². The Morgan fingerprint density at radius 1 is 1.53 bits per heavy atom. The Morgan fingerprint density at radius 3 is 2.87 bits per heavy atom. The minimum absolute atomic E-state index is 0.206. The standard InChI is InChI=1S/C11H17NO2S/c1-8(5-6-13)15-11-7-9(14-2)3-4-10(11)12/h3-4,7-8,13H,5-6,12H2,1-2H3. The third-order valence-electron chi connectivity index (χ3n) is 2.08. The second-order valence-corrected chi connectivity index (χ2v) is 4.82. The van der Waals surface area contributed by atoms with Crippen LogP contribution >= 0.6 is 11.8 Å². The SMILES string of the molecule is COc1ccc(N)c(SC(C)CCO)c1. The Balaban J connectivity index is 2.74. The molecule has 1 aromatic rings. The van der Waals surface area contributed by atoms with Crippen molar-refractivity contribution in [3.05, 3.63) is 18.2 Å². The summed E-state index contributed by atoms with van der Waals surface area (Å²) in [7, 11) is 1.64. The third-order valence-corrected chi connectivity index (χ3v) is 3.33. The molecule has 4 heteroatoms. The smallest absolute Gasteiger partial charge is 0.120 e. The van der Waals surface area contributed by atoms with E-state index < -0.39 is 0 Å². The fraction of sp³-hybridized carbons (Fsp3) is 0.455. The number of hydrogen-bond donors (Lipinski definition) is 2. The van der Waals surface area contributed by atoms with Gasteiger partial charge in [0.25, 0.3) is 0 Å². The molecule has 0 radical (unpaired) electrons. The number of rotatable bonds is 5. The number of aliphatic hydroxyl groups excluding tert-OH is 1. The molecule has 3 N–H and O–H groups in total. The highest BCUT2D eigenvalue weighted by atomic mass is 32.2. The lowest BCUT2D eigenvalue weighted by molar-refractivity contribution is 0.289. The van der Waals surface area contributed by atoms with Gasteiger partial charge in [-0.15, -0.1) is 11.8 Å². The van der Waals surface area contributed by atoms with Crippen LogP contribution in [-0.2, 0) is 0 Å². The van der Waals surface area contributed by atoms with Gasteiger partial charge in [-0.05, 0) is 24.6 Å². The maximum atomic E-state index is 8.82. The number of nitrogens with two attached hydrogens (primary N) is 1. The summed E-state index contributed by atoms with van der Waals surface area (Å²) < 4.78 is 5.13. The first-order valence-corrected chi connectivity index (χ1v) is 5.76. The van der Waals surface area contributed by atoms with Crippen molar-refractivity contribution < 1.29 is 9.84 Å². The van der Waals surface area contributed by atoms with Crippen molar-refractivity contribution in [2.75, 3.05) is 19.5 Å². The van der Waals surface area contributed by atoms with Crippen molar-refractivity contribution in [2.24, 2.45) is 0 Å². The molecule has 0 spiro atoms. The van der Waals surface area contributed by atoms with Gasteiger partial charge in [0.15, 0.2) is 0 Å². The summed E-state index contributed by atoms with van der Waals surface area (Å²) in [4.78, 5) is 1.01. The lowest BCUT2D eigenvalue weighted by Gasteiger charge is -2.12. The molecule has 0 saturated carbocycles. The molecule has 0 amide bonds. The van der Waals surface area contributed by atoms with Crippen LogP contribution in [0.5, 0.6) is 5.75 Å². The van der Waals surface area contributed by atoms with Crippen LogP contribution in [0.1, 0.15) is 13.3 Å². The van der Waals surface area contributed by atoms with Crippen LogP contribution in [0.3, 0.4) is 0 Å². The number of aliphatic hydroxyl groups is 1. The van der Waals surface area contributed by atoms with Crippen LogP contribution in [-0.4, -0.2) is 24.1 Å². The van der Waals surface area contributed by atoms with Gasteiger partial charge >= 0.3 is 0 Å². The first-order chi connectivity index (χ1) is 7.17. The molecule has 0 heterocycles. The number of anilines is 1. The van der Waals surface area contributed by atoms with Crippen LogP contribution in [0, 0.1) is 0 Å². The molecule has 0 aliphatic carbocycles. The van der Waals surface area contributed by atoms with E-state index in [1.807, 2.05) is 18.2 Å². The Bertz CT molecular complexity index is 317. The van der Waals surface area contributed by atoms with Gasteiger partial charge in [0.1, 0.15) is 5.75 Å². The molecule has 1 unspecified atom stereocenters. The van der Waals surface area contributed by atoms with E-state index in [0.29, 0.717) is 5.25 Å². The van der Waals surface area contributed by atoms with Crippen molar-refractivity contribution in [2.45, 2.75) is 23.5 Å². The summed E-state index contributed by atoms with van der Waals surface area (Å²) in [5.74, 6) is 0.808. The van der Waals surface area contributed by atoms with Gasteiger partial charge in [-0.3, -0.25) is 0 Å². The van der Waals surface area contributed by atoms with Crippen molar-refractivity contribution in [1.82, 2.24) is 0 Å². The fourth-order valence-corrected chi connectivity index (χ4v) is 2.25. The highest BCUT2D eigenvalue weighted by Crippen LogP contribution is 2.32. The Labute approximate surface area is 94.6 Å². The molecule has 1 atom stereocenters. The second kappa shape index (κ2) is 5.88. The van der Waals surface area contributed by atoms with E-state index in [0.717, 1.165) is 22.8 Å². The number of methoxy groups -OCH3 is 1. The topological polar surface area (TPSA) is 55.5 Å². The lowest BCUT2D eigenvalue weighted by atomic mass is 10.3.